The summed E-state index contributed by atoms with van der Waals surface area (Å²) >= 11 is 0. The summed E-state index contributed by atoms with van der Waals surface area (Å²) in [6, 6.07) is 10.8. The Morgan fingerprint density at radius 3 is 1.97 bits per heavy atom. The fourth-order valence-corrected chi connectivity index (χ4v) is 6.61. The molecule has 7 heteroatoms. The van der Waals surface area contributed by atoms with Gasteiger partial charge in [0, 0.05) is 5.56 Å². The number of aromatic carboxylic acids is 1. The highest BCUT2D eigenvalue weighted by Crippen LogP contribution is 2.62. The van der Waals surface area contributed by atoms with E-state index in [0.29, 0.717) is 29.1 Å². The maximum absolute atomic E-state index is 12.9. The first-order valence-electron chi connectivity index (χ1n) is 11.4. The SMILES string of the molecule is O=C(O)COc1ccc(C(=O)Oc2ccc(C(=O)O)cc2)cc1C12CC3CC(CC(C3)C1)C2. The van der Waals surface area contributed by atoms with Gasteiger partial charge in [-0.2, -0.15) is 0 Å². The maximum atomic E-state index is 12.9. The van der Waals surface area contributed by atoms with E-state index in [0.717, 1.165) is 24.8 Å². The van der Waals surface area contributed by atoms with E-state index < -0.39 is 24.5 Å². The summed E-state index contributed by atoms with van der Waals surface area (Å²) in [6.07, 6.45) is 6.91. The Morgan fingerprint density at radius 2 is 1.42 bits per heavy atom. The Bertz CT molecular complexity index is 1070. The van der Waals surface area contributed by atoms with E-state index >= 15 is 0 Å². The fourth-order valence-electron chi connectivity index (χ4n) is 6.61. The van der Waals surface area contributed by atoms with E-state index in [1.54, 1.807) is 12.1 Å². The van der Waals surface area contributed by atoms with Gasteiger partial charge in [-0.15, -0.1) is 0 Å². The number of esters is 1. The number of hydrogen-bond acceptors (Lipinski definition) is 5. The van der Waals surface area contributed by atoms with E-state index in [1.807, 2.05) is 6.07 Å². The number of hydrogen-bond donors (Lipinski definition) is 2. The Hall–Kier alpha value is -3.35. The molecule has 0 unspecified atom stereocenters. The average Bonchev–Trinajstić information content (AvgIpc) is 2.77. The molecule has 4 aliphatic carbocycles. The van der Waals surface area contributed by atoms with Crippen molar-refractivity contribution >= 4 is 17.9 Å². The molecule has 2 aromatic rings. The zero-order valence-electron chi connectivity index (χ0n) is 18.2. The molecule has 7 nitrogen and oxygen atoms in total. The number of carbonyl (C=O) groups is 3. The van der Waals surface area contributed by atoms with Gasteiger partial charge in [0.2, 0.25) is 0 Å². The topological polar surface area (TPSA) is 110 Å². The molecule has 0 spiro atoms. The molecular formula is C26H26O7. The van der Waals surface area contributed by atoms with Crippen molar-refractivity contribution in [2.24, 2.45) is 17.8 Å². The van der Waals surface area contributed by atoms with Gasteiger partial charge < -0.3 is 19.7 Å². The molecule has 2 N–H and O–H groups in total. The van der Waals surface area contributed by atoms with E-state index in [9.17, 15) is 14.4 Å². The third-order valence-corrected chi connectivity index (χ3v) is 7.49. The van der Waals surface area contributed by atoms with E-state index in [2.05, 4.69) is 0 Å². The van der Waals surface area contributed by atoms with Crippen molar-refractivity contribution in [3.8, 4) is 11.5 Å². The standard InChI is InChI=1S/C26H26O7/c27-23(28)14-32-22-6-3-19(25(31)33-20-4-1-18(2-5-20)24(29)30)10-21(22)26-11-15-7-16(12-26)9-17(8-15)13-26/h1-6,10,15-17H,7-9,11-14H2,(H,27,28)(H,29,30). The van der Waals surface area contributed by atoms with E-state index in [-0.39, 0.29) is 16.7 Å². The summed E-state index contributed by atoms with van der Waals surface area (Å²) in [6.45, 7) is -0.431. The van der Waals surface area contributed by atoms with Crippen LogP contribution in [0.15, 0.2) is 42.5 Å². The molecule has 172 valence electrons. The molecule has 2 aromatic carbocycles. The second-order valence-electron chi connectivity index (χ2n) is 9.81. The van der Waals surface area contributed by atoms with Gasteiger partial charge in [0.1, 0.15) is 11.5 Å². The minimum atomic E-state index is -1.05. The van der Waals surface area contributed by atoms with Crippen LogP contribution in [-0.2, 0) is 10.2 Å². The van der Waals surface area contributed by atoms with Crippen molar-refractivity contribution < 1.29 is 34.1 Å². The lowest BCUT2D eigenvalue weighted by Crippen LogP contribution is -2.48. The van der Waals surface area contributed by atoms with Crippen LogP contribution in [0.2, 0.25) is 0 Å². The largest absolute Gasteiger partial charge is 0.482 e. The predicted octanol–water partition coefficient (Wildman–Crippen LogP) is 4.54. The van der Waals surface area contributed by atoms with E-state index in [1.165, 1.54) is 43.5 Å². The van der Waals surface area contributed by atoms with Gasteiger partial charge in [-0.05, 0) is 104 Å². The molecule has 4 saturated carbocycles. The van der Waals surface area contributed by atoms with E-state index in [4.69, 9.17) is 19.7 Å². The first-order valence-corrected chi connectivity index (χ1v) is 11.4. The summed E-state index contributed by atoms with van der Waals surface area (Å²) in [5.41, 5.74) is 1.30. The van der Waals surface area contributed by atoms with Crippen molar-refractivity contribution in [3.63, 3.8) is 0 Å². The summed E-state index contributed by atoms with van der Waals surface area (Å²) in [4.78, 5) is 35.1. The van der Waals surface area contributed by atoms with Gasteiger partial charge in [-0.25, -0.2) is 14.4 Å². The van der Waals surface area contributed by atoms with Crippen LogP contribution in [0.4, 0.5) is 0 Å². The molecule has 0 radical (unpaired) electrons. The predicted molar refractivity (Wildman–Crippen MR) is 118 cm³/mol. The Morgan fingerprint density at radius 1 is 0.848 bits per heavy atom. The fraction of sp³-hybridized carbons (Fsp3) is 0.423. The molecule has 4 fully saturated rings. The number of ether oxygens (including phenoxy) is 2. The lowest BCUT2D eigenvalue weighted by atomic mass is 9.48. The van der Waals surface area contributed by atoms with Gasteiger partial charge in [-0.3, -0.25) is 0 Å². The van der Waals surface area contributed by atoms with Crippen LogP contribution < -0.4 is 9.47 Å². The van der Waals surface area contributed by atoms with Gasteiger partial charge in [0.15, 0.2) is 6.61 Å². The van der Waals surface area contributed by atoms with Crippen LogP contribution in [0.25, 0.3) is 0 Å². The lowest BCUT2D eigenvalue weighted by molar-refractivity contribution is -0.139. The quantitative estimate of drug-likeness (QED) is 0.471. The van der Waals surface area contributed by atoms with Gasteiger partial charge in [0.05, 0.1) is 11.1 Å². The third kappa shape index (κ3) is 4.19. The highest BCUT2D eigenvalue weighted by atomic mass is 16.5. The first-order chi connectivity index (χ1) is 15.8. The molecule has 0 saturated heterocycles. The van der Waals surface area contributed by atoms with Crippen LogP contribution in [0.3, 0.4) is 0 Å². The zero-order valence-corrected chi connectivity index (χ0v) is 18.2. The van der Waals surface area contributed by atoms with Crippen molar-refractivity contribution in [3.05, 3.63) is 59.2 Å². The van der Waals surface area contributed by atoms with Crippen molar-refractivity contribution in [2.75, 3.05) is 6.61 Å². The summed E-state index contributed by atoms with van der Waals surface area (Å²) in [5, 5.41) is 18.2. The molecule has 4 bridgehead atoms. The van der Waals surface area contributed by atoms with Crippen molar-refractivity contribution in [2.45, 2.75) is 43.9 Å². The highest BCUT2D eigenvalue weighted by molar-refractivity contribution is 5.92. The van der Waals surface area contributed by atoms with Gasteiger partial charge in [0.25, 0.3) is 0 Å². The monoisotopic (exact) mass is 450 g/mol. The molecule has 0 aliphatic heterocycles. The minimum Gasteiger partial charge on any atom is -0.482 e. The second-order valence-corrected chi connectivity index (χ2v) is 9.81. The average molecular weight is 450 g/mol. The van der Waals surface area contributed by atoms with Gasteiger partial charge >= 0.3 is 17.9 Å². The van der Waals surface area contributed by atoms with Crippen LogP contribution in [-0.4, -0.2) is 34.7 Å². The number of aliphatic carboxylic acids is 1. The van der Waals surface area contributed by atoms with Crippen LogP contribution >= 0.6 is 0 Å². The molecule has 0 heterocycles. The first kappa shape index (κ1) is 21.5. The summed E-state index contributed by atoms with van der Waals surface area (Å²) < 4.78 is 11.1. The van der Waals surface area contributed by atoms with Crippen LogP contribution in [0.1, 0.15) is 64.8 Å². The molecule has 4 aliphatic rings. The van der Waals surface area contributed by atoms with Crippen molar-refractivity contribution in [1.29, 1.82) is 0 Å². The summed E-state index contributed by atoms with van der Waals surface area (Å²) in [7, 11) is 0. The second kappa shape index (κ2) is 8.21. The smallest absolute Gasteiger partial charge is 0.343 e. The van der Waals surface area contributed by atoms with Crippen LogP contribution in [0, 0.1) is 17.8 Å². The maximum Gasteiger partial charge on any atom is 0.343 e. The lowest BCUT2D eigenvalue weighted by Gasteiger charge is -2.57. The number of carboxylic acid groups (broad SMARTS) is 2. The molecule has 0 amide bonds. The number of benzene rings is 2. The van der Waals surface area contributed by atoms with Crippen molar-refractivity contribution in [1.82, 2.24) is 0 Å². The normalized spacial score (nSPS) is 27.2. The molecule has 0 atom stereocenters. The number of carbonyl (C=O) groups excluding carboxylic acids is 1. The highest BCUT2D eigenvalue weighted by Gasteiger charge is 2.52. The van der Waals surface area contributed by atoms with Gasteiger partial charge in [-0.1, -0.05) is 0 Å². The number of rotatable bonds is 7. The zero-order chi connectivity index (χ0) is 23.2. The molecule has 6 rings (SSSR count). The molecule has 0 aromatic heterocycles. The Labute approximate surface area is 191 Å². The van der Waals surface area contributed by atoms with Crippen LogP contribution in [0.5, 0.6) is 11.5 Å². The Kier molecular flexibility index (Phi) is 5.35. The summed E-state index contributed by atoms with van der Waals surface area (Å²) in [5.74, 6) is 0.165. The minimum absolute atomic E-state index is 0.0952. The number of carboxylic acids is 2. The molecular weight excluding hydrogens is 424 g/mol. The Balaban J connectivity index is 1.45. The third-order valence-electron chi connectivity index (χ3n) is 7.49. The molecule has 33 heavy (non-hydrogen) atoms.